The second kappa shape index (κ2) is 12.3. The number of benzene rings is 1. The van der Waals surface area contributed by atoms with E-state index in [4.69, 9.17) is 16.3 Å². The first kappa shape index (κ1) is 27.5. The first-order chi connectivity index (χ1) is 17.2. The van der Waals surface area contributed by atoms with Gasteiger partial charge in [-0.2, -0.15) is 0 Å². The summed E-state index contributed by atoms with van der Waals surface area (Å²) >= 11 is 6.23. The zero-order valence-electron chi connectivity index (χ0n) is 21.4. The number of halogens is 1. The smallest absolute Gasteiger partial charge is 0.338 e. The highest BCUT2D eigenvalue weighted by atomic mass is 35.5. The van der Waals surface area contributed by atoms with Gasteiger partial charge >= 0.3 is 18.0 Å². The molecule has 2 atom stereocenters. The summed E-state index contributed by atoms with van der Waals surface area (Å²) in [6.07, 6.45) is 1.62. The van der Waals surface area contributed by atoms with Gasteiger partial charge in [-0.1, -0.05) is 29.8 Å². The number of carbonyl (C=O) groups excluding carboxylic acids is 3. The lowest BCUT2D eigenvalue weighted by atomic mass is 9.94. The quantitative estimate of drug-likeness (QED) is 0.406. The van der Waals surface area contributed by atoms with E-state index in [-0.39, 0.29) is 37.3 Å². The minimum atomic E-state index is -0.707. The lowest BCUT2D eigenvalue weighted by molar-refractivity contribution is -0.139. The number of piperazine rings is 1. The third-order valence-electron chi connectivity index (χ3n) is 6.19. The summed E-state index contributed by atoms with van der Waals surface area (Å²) in [5, 5.41) is 6.40. The van der Waals surface area contributed by atoms with Crippen LogP contribution in [0.25, 0.3) is 0 Å². The van der Waals surface area contributed by atoms with Crippen molar-refractivity contribution in [2.45, 2.75) is 45.8 Å². The summed E-state index contributed by atoms with van der Waals surface area (Å²) in [4.78, 5) is 44.6. The Kier molecular flexibility index (Phi) is 9.39. The normalized spacial score (nSPS) is 20.9. The molecule has 2 aliphatic heterocycles. The predicted octanol–water partition coefficient (Wildman–Crippen LogP) is 3.53. The molecule has 196 valence electrons. The van der Waals surface area contributed by atoms with Crippen molar-refractivity contribution in [2.75, 3.05) is 39.3 Å². The van der Waals surface area contributed by atoms with Gasteiger partial charge in [-0.3, -0.25) is 9.80 Å². The summed E-state index contributed by atoms with van der Waals surface area (Å²) in [7, 11) is 0. The van der Waals surface area contributed by atoms with Crippen molar-refractivity contribution in [3.05, 3.63) is 58.8 Å². The number of urea groups is 2. The van der Waals surface area contributed by atoms with Gasteiger partial charge in [0, 0.05) is 55.5 Å². The van der Waals surface area contributed by atoms with E-state index in [0.717, 1.165) is 0 Å². The molecule has 1 aromatic rings. The van der Waals surface area contributed by atoms with Gasteiger partial charge in [-0.25, -0.2) is 14.4 Å². The van der Waals surface area contributed by atoms with Crippen LogP contribution in [-0.2, 0) is 9.53 Å². The minimum absolute atomic E-state index is 0.0434. The fourth-order valence-electron chi connectivity index (χ4n) is 4.60. The maximum atomic E-state index is 13.3. The number of ether oxygens (including phenoxy) is 1. The molecule has 1 saturated heterocycles. The highest BCUT2D eigenvalue weighted by molar-refractivity contribution is 6.30. The van der Waals surface area contributed by atoms with Crippen molar-refractivity contribution in [3.63, 3.8) is 0 Å². The Labute approximate surface area is 218 Å². The molecule has 1 fully saturated rings. The molecule has 0 unspecified atom stereocenters. The van der Waals surface area contributed by atoms with E-state index in [9.17, 15) is 14.4 Å². The van der Waals surface area contributed by atoms with Crippen LogP contribution < -0.4 is 10.6 Å². The van der Waals surface area contributed by atoms with Gasteiger partial charge < -0.3 is 20.3 Å². The molecule has 9 nitrogen and oxygen atoms in total. The van der Waals surface area contributed by atoms with Crippen LogP contribution in [0.3, 0.4) is 0 Å². The number of amides is 4. The second-order valence-corrected chi connectivity index (χ2v) is 9.74. The first-order valence-electron chi connectivity index (χ1n) is 12.3. The molecule has 0 spiro atoms. The molecular weight excluding hydrogens is 482 g/mol. The van der Waals surface area contributed by atoms with E-state index in [1.165, 1.54) is 4.90 Å². The zero-order chi connectivity index (χ0) is 26.4. The lowest BCUT2D eigenvalue weighted by Crippen LogP contribution is -2.58. The average Bonchev–Trinajstić information content (AvgIpc) is 2.80. The van der Waals surface area contributed by atoms with Crippen LogP contribution in [0.1, 0.15) is 39.3 Å². The highest BCUT2D eigenvalue weighted by Crippen LogP contribution is 2.33. The molecule has 3 rings (SSSR count). The maximum Gasteiger partial charge on any atom is 0.338 e. The molecule has 0 saturated carbocycles. The Hall–Kier alpha value is -3.04. The second-order valence-electron chi connectivity index (χ2n) is 9.30. The molecule has 2 heterocycles. The molecule has 36 heavy (non-hydrogen) atoms. The van der Waals surface area contributed by atoms with Crippen molar-refractivity contribution < 1.29 is 19.1 Å². The van der Waals surface area contributed by atoms with Gasteiger partial charge in [0.25, 0.3) is 0 Å². The number of hydrogen-bond acceptors (Lipinski definition) is 5. The van der Waals surface area contributed by atoms with Crippen LogP contribution in [0.4, 0.5) is 9.59 Å². The monoisotopic (exact) mass is 517 g/mol. The van der Waals surface area contributed by atoms with Crippen molar-refractivity contribution >= 4 is 29.6 Å². The van der Waals surface area contributed by atoms with Gasteiger partial charge in [-0.05, 0) is 45.4 Å². The van der Waals surface area contributed by atoms with Crippen molar-refractivity contribution in [1.29, 1.82) is 0 Å². The molecule has 10 heteroatoms. The van der Waals surface area contributed by atoms with Gasteiger partial charge in [0.05, 0.1) is 18.2 Å². The SMILES string of the molecule is C=CCN1C(=O)N[C@H](c2cccc(Cl)c2)C(C(=O)OCC)=C1CN1CCN(C(=O)NC(C)C)[C@H](C)C1. The van der Waals surface area contributed by atoms with Gasteiger partial charge in [0.15, 0.2) is 0 Å². The fourth-order valence-corrected chi connectivity index (χ4v) is 4.80. The zero-order valence-corrected chi connectivity index (χ0v) is 22.2. The Morgan fingerprint density at radius 1 is 1.33 bits per heavy atom. The molecule has 2 aliphatic rings. The van der Waals surface area contributed by atoms with Gasteiger partial charge in [0.1, 0.15) is 0 Å². The molecule has 2 N–H and O–H groups in total. The van der Waals surface area contributed by atoms with E-state index >= 15 is 0 Å². The predicted molar refractivity (Wildman–Crippen MR) is 140 cm³/mol. The van der Waals surface area contributed by atoms with Gasteiger partial charge in [-0.15, -0.1) is 6.58 Å². The topological polar surface area (TPSA) is 94.2 Å². The summed E-state index contributed by atoms with van der Waals surface area (Å²) in [5.41, 5.74) is 1.63. The molecule has 1 aromatic carbocycles. The number of nitrogens with zero attached hydrogens (tertiary/aromatic N) is 3. The Bertz CT molecular complexity index is 1030. The molecule has 0 bridgehead atoms. The number of carbonyl (C=O) groups is 3. The molecule has 0 radical (unpaired) electrons. The highest BCUT2D eigenvalue weighted by Gasteiger charge is 2.39. The maximum absolute atomic E-state index is 13.3. The van der Waals surface area contributed by atoms with Crippen LogP contribution in [0.15, 0.2) is 48.2 Å². The molecule has 0 aromatic heterocycles. The van der Waals surface area contributed by atoms with Crippen LogP contribution in [-0.4, -0.2) is 84.1 Å². The number of hydrogen-bond donors (Lipinski definition) is 2. The lowest BCUT2D eigenvalue weighted by Gasteiger charge is -2.43. The van der Waals surface area contributed by atoms with Crippen molar-refractivity contribution in [2.24, 2.45) is 0 Å². The standard InChI is InChI=1S/C26H36ClN5O4/c1-6-11-32-21(16-30-12-13-31(18(5)15-30)25(34)28-17(3)4)22(24(33)36-7-2)23(29-26(32)35)19-9-8-10-20(27)14-19/h6,8-10,14,17-18,23H,1,7,11-13,15-16H2,2-5H3,(H,28,34)(H,29,35)/t18-,23-/m1/s1. The van der Waals surface area contributed by atoms with Crippen LogP contribution in [0.2, 0.25) is 5.02 Å². The third-order valence-corrected chi connectivity index (χ3v) is 6.42. The summed E-state index contributed by atoms with van der Waals surface area (Å²) in [6.45, 7) is 13.9. The molecule has 0 aliphatic carbocycles. The molecular formula is C26H36ClN5O4. The van der Waals surface area contributed by atoms with Crippen LogP contribution in [0.5, 0.6) is 0 Å². The summed E-state index contributed by atoms with van der Waals surface area (Å²) < 4.78 is 5.44. The third kappa shape index (κ3) is 6.39. The average molecular weight is 518 g/mol. The van der Waals surface area contributed by atoms with E-state index < -0.39 is 12.0 Å². The Morgan fingerprint density at radius 2 is 2.08 bits per heavy atom. The summed E-state index contributed by atoms with van der Waals surface area (Å²) in [6, 6.07) is 5.97. The van der Waals surface area contributed by atoms with Crippen LogP contribution >= 0.6 is 11.6 Å². The number of rotatable bonds is 8. The van der Waals surface area contributed by atoms with E-state index in [0.29, 0.717) is 48.0 Å². The van der Waals surface area contributed by atoms with Crippen molar-refractivity contribution in [1.82, 2.24) is 25.3 Å². The largest absolute Gasteiger partial charge is 0.463 e. The first-order valence-corrected chi connectivity index (χ1v) is 12.7. The number of esters is 1. The Morgan fingerprint density at radius 3 is 2.69 bits per heavy atom. The Balaban J connectivity index is 1.97. The molecule has 4 amide bonds. The van der Waals surface area contributed by atoms with E-state index in [2.05, 4.69) is 22.1 Å². The number of nitrogens with one attached hydrogen (secondary N) is 2. The summed E-state index contributed by atoms with van der Waals surface area (Å²) in [5.74, 6) is -0.491. The van der Waals surface area contributed by atoms with Crippen molar-refractivity contribution in [3.8, 4) is 0 Å². The fraction of sp³-hybridized carbons (Fsp3) is 0.500. The van der Waals surface area contributed by atoms with Crippen LogP contribution in [0, 0.1) is 0 Å². The van der Waals surface area contributed by atoms with E-state index in [1.807, 2.05) is 31.7 Å². The van der Waals surface area contributed by atoms with E-state index in [1.54, 1.807) is 31.2 Å². The minimum Gasteiger partial charge on any atom is -0.463 e. The van der Waals surface area contributed by atoms with Gasteiger partial charge in [0.2, 0.25) is 0 Å².